The van der Waals surface area contributed by atoms with Crippen LogP contribution in [0.4, 0.5) is 0 Å². The molecule has 0 radical (unpaired) electrons. The molecule has 7 heteroatoms. The molecule has 0 N–H and O–H groups in total. The minimum Gasteiger partial charge on any atom is -0.469 e. The number of ether oxygens (including phenoxy) is 1. The number of hydrogen-bond donors (Lipinski definition) is 0. The second kappa shape index (κ2) is 5.29. The van der Waals surface area contributed by atoms with Gasteiger partial charge in [-0.25, -0.2) is 0 Å². The van der Waals surface area contributed by atoms with Crippen LogP contribution in [-0.2, 0) is 16.1 Å². The van der Waals surface area contributed by atoms with E-state index in [4.69, 9.17) is 16.3 Å². The first-order chi connectivity index (χ1) is 8.11. The number of carbonyl (C=O) groups is 1. The van der Waals surface area contributed by atoms with Crippen LogP contribution in [0.2, 0.25) is 4.34 Å². The van der Waals surface area contributed by atoms with Crippen molar-refractivity contribution in [3.8, 4) is 0 Å². The van der Waals surface area contributed by atoms with E-state index in [9.17, 15) is 4.79 Å². The van der Waals surface area contributed by atoms with Gasteiger partial charge < -0.3 is 4.74 Å². The van der Waals surface area contributed by atoms with Crippen molar-refractivity contribution in [2.45, 2.75) is 13.5 Å². The van der Waals surface area contributed by atoms with Crippen molar-refractivity contribution in [1.82, 2.24) is 14.5 Å². The van der Waals surface area contributed by atoms with E-state index in [0.717, 1.165) is 12.2 Å². The fourth-order valence-electron chi connectivity index (χ4n) is 2.16. The minimum atomic E-state index is -0.137. The molecule has 2 heterocycles. The van der Waals surface area contributed by atoms with Gasteiger partial charge in [0.05, 0.1) is 13.0 Å². The van der Waals surface area contributed by atoms with Gasteiger partial charge in [-0.1, -0.05) is 23.0 Å². The summed E-state index contributed by atoms with van der Waals surface area (Å²) in [5, 5.41) is 3.97. The van der Waals surface area contributed by atoms with Crippen LogP contribution in [0, 0.1) is 11.8 Å². The first-order valence-corrected chi connectivity index (χ1v) is 6.54. The second-order valence-corrected chi connectivity index (χ2v) is 5.65. The third-order valence-electron chi connectivity index (χ3n) is 3.07. The van der Waals surface area contributed by atoms with Crippen molar-refractivity contribution in [3.05, 3.63) is 10.0 Å². The van der Waals surface area contributed by atoms with Crippen molar-refractivity contribution >= 4 is 29.1 Å². The quantitative estimate of drug-likeness (QED) is 0.781. The predicted molar refractivity (Wildman–Crippen MR) is 64.9 cm³/mol. The van der Waals surface area contributed by atoms with E-state index >= 15 is 0 Å². The Morgan fingerprint density at radius 1 is 1.65 bits per heavy atom. The van der Waals surface area contributed by atoms with Gasteiger partial charge in [-0.3, -0.25) is 9.69 Å². The van der Waals surface area contributed by atoms with Gasteiger partial charge in [-0.2, -0.15) is 0 Å². The first kappa shape index (κ1) is 12.7. The lowest BCUT2D eigenvalue weighted by molar-refractivity contribution is -0.146. The Bertz CT molecular complexity index is 412. The number of halogens is 1. The summed E-state index contributed by atoms with van der Waals surface area (Å²) < 4.78 is 9.21. The summed E-state index contributed by atoms with van der Waals surface area (Å²) in [4.78, 5) is 13.7. The van der Waals surface area contributed by atoms with Crippen molar-refractivity contribution < 1.29 is 9.53 Å². The Morgan fingerprint density at radius 3 is 3.00 bits per heavy atom. The van der Waals surface area contributed by atoms with Crippen LogP contribution in [0.15, 0.2) is 0 Å². The fourth-order valence-corrected chi connectivity index (χ4v) is 2.77. The lowest BCUT2D eigenvalue weighted by Gasteiger charge is -2.13. The molecule has 0 bridgehead atoms. The molecule has 0 spiro atoms. The number of esters is 1. The van der Waals surface area contributed by atoms with E-state index in [1.54, 1.807) is 0 Å². The summed E-state index contributed by atoms with van der Waals surface area (Å²) in [5.41, 5.74) is 0.786. The molecule has 1 aliphatic rings. The summed E-state index contributed by atoms with van der Waals surface area (Å²) in [5.74, 6) is 0.112. The van der Waals surface area contributed by atoms with Crippen LogP contribution in [0.1, 0.15) is 12.6 Å². The third kappa shape index (κ3) is 2.75. The Labute approximate surface area is 109 Å². The van der Waals surface area contributed by atoms with Gasteiger partial charge in [0.2, 0.25) is 0 Å². The molecule has 0 aliphatic carbocycles. The molecule has 2 atom stereocenters. The average Bonchev–Trinajstić information content (AvgIpc) is 2.86. The molecular formula is C10H14ClN3O2S. The van der Waals surface area contributed by atoms with Crippen molar-refractivity contribution in [2.75, 3.05) is 20.2 Å². The highest BCUT2D eigenvalue weighted by atomic mass is 35.5. The Hall–Kier alpha value is -0.720. The standard InChI is InChI=1S/C10H14ClN3O2S/c1-6-3-14(4-7(6)10(15)16-2)5-8-9(11)17-13-12-8/h6-7H,3-5H2,1-2H3. The highest BCUT2D eigenvalue weighted by molar-refractivity contribution is 7.10. The summed E-state index contributed by atoms with van der Waals surface area (Å²) >= 11 is 7.14. The smallest absolute Gasteiger partial charge is 0.310 e. The molecule has 0 amide bonds. The topological polar surface area (TPSA) is 55.3 Å². The van der Waals surface area contributed by atoms with Crippen LogP contribution >= 0.6 is 23.1 Å². The first-order valence-electron chi connectivity index (χ1n) is 5.38. The molecular weight excluding hydrogens is 262 g/mol. The van der Waals surface area contributed by atoms with Crippen molar-refractivity contribution in [1.29, 1.82) is 0 Å². The van der Waals surface area contributed by atoms with E-state index in [0.29, 0.717) is 23.3 Å². The summed E-state index contributed by atoms with van der Waals surface area (Å²) in [6.07, 6.45) is 0. The Morgan fingerprint density at radius 2 is 2.41 bits per heavy atom. The van der Waals surface area contributed by atoms with E-state index < -0.39 is 0 Å². The monoisotopic (exact) mass is 275 g/mol. The van der Waals surface area contributed by atoms with Crippen molar-refractivity contribution in [3.63, 3.8) is 0 Å². The van der Waals surface area contributed by atoms with Crippen LogP contribution in [0.5, 0.6) is 0 Å². The molecule has 1 saturated heterocycles. The molecule has 0 saturated carbocycles. The normalized spacial score (nSPS) is 25.1. The maximum Gasteiger partial charge on any atom is 0.310 e. The van der Waals surface area contributed by atoms with Crippen LogP contribution in [0.25, 0.3) is 0 Å². The fraction of sp³-hybridized carbons (Fsp3) is 0.700. The Kier molecular flexibility index (Phi) is 3.96. The van der Waals surface area contributed by atoms with Crippen LogP contribution in [-0.4, -0.2) is 40.7 Å². The number of nitrogens with zero attached hydrogens (tertiary/aromatic N) is 3. The summed E-state index contributed by atoms with van der Waals surface area (Å²) in [7, 11) is 1.43. The van der Waals surface area contributed by atoms with E-state index in [-0.39, 0.29) is 11.9 Å². The van der Waals surface area contributed by atoms with Gasteiger partial charge in [-0.05, 0) is 5.92 Å². The minimum absolute atomic E-state index is 0.0506. The molecule has 1 fully saturated rings. The zero-order valence-electron chi connectivity index (χ0n) is 9.72. The molecule has 94 valence electrons. The van der Waals surface area contributed by atoms with E-state index in [1.165, 1.54) is 18.6 Å². The van der Waals surface area contributed by atoms with E-state index in [2.05, 4.69) is 21.4 Å². The molecule has 1 aromatic heterocycles. The molecule has 2 rings (SSSR count). The van der Waals surface area contributed by atoms with E-state index in [1.807, 2.05) is 0 Å². The zero-order valence-corrected chi connectivity index (χ0v) is 11.3. The van der Waals surface area contributed by atoms with Gasteiger partial charge in [0, 0.05) is 31.2 Å². The number of carbonyl (C=O) groups excluding carboxylic acids is 1. The number of methoxy groups -OCH3 is 1. The highest BCUT2D eigenvalue weighted by Crippen LogP contribution is 2.27. The maximum atomic E-state index is 11.5. The van der Waals surface area contributed by atoms with Gasteiger partial charge in [0.15, 0.2) is 0 Å². The lowest BCUT2D eigenvalue weighted by Crippen LogP contribution is -2.24. The SMILES string of the molecule is COC(=O)C1CN(Cc2nnsc2Cl)CC1C. The molecule has 2 unspecified atom stereocenters. The average molecular weight is 276 g/mol. The number of rotatable bonds is 3. The molecule has 0 aromatic carbocycles. The number of hydrogen-bond acceptors (Lipinski definition) is 6. The van der Waals surface area contributed by atoms with Crippen LogP contribution < -0.4 is 0 Å². The van der Waals surface area contributed by atoms with Crippen molar-refractivity contribution in [2.24, 2.45) is 11.8 Å². The third-order valence-corrected chi connectivity index (χ3v) is 4.06. The molecule has 1 aliphatic heterocycles. The largest absolute Gasteiger partial charge is 0.469 e. The zero-order chi connectivity index (χ0) is 12.4. The Balaban J connectivity index is 1.97. The van der Waals surface area contributed by atoms with Gasteiger partial charge >= 0.3 is 5.97 Å². The van der Waals surface area contributed by atoms with Gasteiger partial charge in [0.1, 0.15) is 10.0 Å². The summed E-state index contributed by atoms with van der Waals surface area (Å²) in [6, 6.07) is 0. The molecule has 1 aromatic rings. The predicted octanol–water partition coefficient (Wildman–Crippen LogP) is 1.43. The van der Waals surface area contributed by atoms with Crippen LogP contribution in [0.3, 0.4) is 0 Å². The van der Waals surface area contributed by atoms with Gasteiger partial charge in [0.25, 0.3) is 0 Å². The molecule has 17 heavy (non-hydrogen) atoms. The molecule has 5 nitrogen and oxygen atoms in total. The highest BCUT2D eigenvalue weighted by Gasteiger charge is 2.35. The number of aromatic nitrogens is 2. The lowest BCUT2D eigenvalue weighted by atomic mass is 9.99. The maximum absolute atomic E-state index is 11.5. The summed E-state index contributed by atoms with van der Waals surface area (Å²) in [6.45, 7) is 4.25. The number of likely N-dealkylation sites (tertiary alicyclic amines) is 1. The van der Waals surface area contributed by atoms with Gasteiger partial charge in [-0.15, -0.1) is 5.10 Å². The second-order valence-electron chi connectivity index (χ2n) is 4.29.